The van der Waals surface area contributed by atoms with Gasteiger partial charge in [-0.1, -0.05) is 0 Å². The fraction of sp³-hybridized carbons (Fsp3) is 0.588. The lowest BCUT2D eigenvalue weighted by Crippen LogP contribution is -2.40. The van der Waals surface area contributed by atoms with Crippen molar-refractivity contribution in [2.24, 2.45) is 0 Å². The molecule has 1 aliphatic rings. The zero-order chi connectivity index (χ0) is 15.5. The molecule has 1 atom stereocenters. The Morgan fingerprint density at radius 2 is 2.00 bits per heavy atom. The predicted molar refractivity (Wildman–Crippen MR) is 83.7 cm³/mol. The number of rotatable bonds is 4. The molecule has 1 aliphatic heterocycles. The van der Waals surface area contributed by atoms with Gasteiger partial charge in [0.25, 0.3) is 0 Å². The molecule has 0 radical (unpaired) electrons. The Kier molecular flexibility index (Phi) is 4.88. The fourth-order valence-corrected chi connectivity index (χ4v) is 2.58. The number of anilines is 1. The first-order chi connectivity index (χ1) is 9.85. The molecule has 1 fully saturated rings. The monoisotopic (exact) mass is 291 g/mol. The highest BCUT2D eigenvalue weighted by atomic mass is 16.5. The van der Waals surface area contributed by atoms with Gasteiger partial charge in [0.2, 0.25) is 0 Å². The Hall–Kier alpha value is -1.55. The highest BCUT2D eigenvalue weighted by Gasteiger charge is 2.28. The van der Waals surface area contributed by atoms with Crippen LogP contribution in [0.4, 0.5) is 5.69 Å². The Balaban J connectivity index is 1.95. The molecular weight excluding hydrogens is 266 g/mol. The SMILES string of the molecule is CC(C)OC(=O)c1ccc(NC2CCOC(C)(C)C2)cc1. The third-order valence-electron chi connectivity index (χ3n) is 3.53. The van der Waals surface area contributed by atoms with Gasteiger partial charge in [-0.05, 0) is 64.8 Å². The molecule has 1 aromatic rings. The van der Waals surface area contributed by atoms with Gasteiger partial charge in [0.1, 0.15) is 0 Å². The molecule has 1 aromatic carbocycles. The molecule has 0 aromatic heterocycles. The van der Waals surface area contributed by atoms with Crippen LogP contribution in [0.25, 0.3) is 0 Å². The van der Waals surface area contributed by atoms with Gasteiger partial charge in [-0.15, -0.1) is 0 Å². The number of hydrogen-bond acceptors (Lipinski definition) is 4. The third-order valence-corrected chi connectivity index (χ3v) is 3.53. The first kappa shape index (κ1) is 15.8. The number of carbonyl (C=O) groups excluding carboxylic acids is 1. The van der Waals surface area contributed by atoms with Crippen LogP contribution in [-0.4, -0.2) is 30.3 Å². The van der Waals surface area contributed by atoms with Crippen molar-refractivity contribution in [2.45, 2.75) is 58.3 Å². The van der Waals surface area contributed by atoms with E-state index in [0.717, 1.165) is 25.1 Å². The third kappa shape index (κ3) is 4.74. The van der Waals surface area contributed by atoms with E-state index in [9.17, 15) is 4.79 Å². The van der Waals surface area contributed by atoms with Gasteiger partial charge in [-0.2, -0.15) is 0 Å². The molecule has 2 rings (SSSR count). The summed E-state index contributed by atoms with van der Waals surface area (Å²) in [4.78, 5) is 11.8. The molecule has 1 N–H and O–H groups in total. The summed E-state index contributed by atoms with van der Waals surface area (Å²) in [5, 5.41) is 3.51. The van der Waals surface area contributed by atoms with E-state index >= 15 is 0 Å². The number of benzene rings is 1. The summed E-state index contributed by atoms with van der Waals surface area (Å²) in [5.74, 6) is -0.274. The van der Waals surface area contributed by atoms with Gasteiger partial charge < -0.3 is 14.8 Å². The Labute approximate surface area is 126 Å². The molecule has 4 heteroatoms. The standard InChI is InChI=1S/C17H25NO3/c1-12(2)21-16(19)13-5-7-14(8-6-13)18-15-9-10-20-17(3,4)11-15/h5-8,12,15,18H,9-11H2,1-4H3. The van der Waals surface area contributed by atoms with E-state index in [1.807, 2.05) is 26.0 Å². The number of ether oxygens (including phenoxy) is 2. The van der Waals surface area contributed by atoms with Crippen LogP contribution >= 0.6 is 0 Å². The van der Waals surface area contributed by atoms with Crippen molar-refractivity contribution in [1.29, 1.82) is 0 Å². The van der Waals surface area contributed by atoms with Crippen LogP contribution in [0.3, 0.4) is 0 Å². The van der Waals surface area contributed by atoms with Crippen molar-refractivity contribution in [3.8, 4) is 0 Å². The van der Waals surface area contributed by atoms with Crippen molar-refractivity contribution in [3.63, 3.8) is 0 Å². The summed E-state index contributed by atoms with van der Waals surface area (Å²) < 4.78 is 10.9. The second kappa shape index (κ2) is 6.48. The summed E-state index contributed by atoms with van der Waals surface area (Å²) in [5.41, 5.74) is 1.54. The van der Waals surface area contributed by atoms with E-state index in [4.69, 9.17) is 9.47 Å². The molecule has 0 saturated carbocycles. The quantitative estimate of drug-likeness (QED) is 0.861. The molecule has 1 saturated heterocycles. The minimum absolute atomic E-state index is 0.0725. The molecule has 116 valence electrons. The van der Waals surface area contributed by atoms with Crippen molar-refractivity contribution in [2.75, 3.05) is 11.9 Å². The number of nitrogens with one attached hydrogen (secondary N) is 1. The van der Waals surface area contributed by atoms with E-state index in [1.165, 1.54) is 0 Å². The maximum atomic E-state index is 11.8. The highest BCUT2D eigenvalue weighted by Crippen LogP contribution is 2.26. The van der Waals surface area contributed by atoms with E-state index in [1.54, 1.807) is 12.1 Å². The van der Waals surface area contributed by atoms with E-state index in [-0.39, 0.29) is 17.7 Å². The molecule has 0 amide bonds. The van der Waals surface area contributed by atoms with Crippen LogP contribution in [-0.2, 0) is 9.47 Å². The maximum absolute atomic E-state index is 11.8. The van der Waals surface area contributed by atoms with Crippen LogP contribution in [0.2, 0.25) is 0 Å². The highest BCUT2D eigenvalue weighted by molar-refractivity contribution is 5.89. The lowest BCUT2D eigenvalue weighted by atomic mass is 9.94. The van der Waals surface area contributed by atoms with Gasteiger partial charge in [-0.3, -0.25) is 0 Å². The second-order valence-electron chi connectivity index (χ2n) is 6.47. The van der Waals surface area contributed by atoms with Crippen LogP contribution in [0.5, 0.6) is 0 Å². The van der Waals surface area contributed by atoms with Gasteiger partial charge in [0.15, 0.2) is 0 Å². The van der Waals surface area contributed by atoms with E-state index in [2.05, 4.69) is 19.2 Å². The van der Waals surface area contributed by atoms with Crippen molar-refractivity contribution in [1.82, 2.24) is 0 Å². The number of esters is 1. The summed E-state index contributed by atoms with van der Waals surface area (Å²) in [6, 6.07) is 7.87. The molecule has 0 bridgehead atoms. The number of hydrogen-bond donors (Lipinski definition) is 1. The van der Waals surface area contributed by atoms with E-state index < -0.39 is 0 Å². The Morgan fingerprint density at radius 3 is 2.57 bits per heavy atom. The lowest BCUT2D eigenvalue weighted by molar-refractivity contribution is -0.0553. The van der Waals surface area contributed by atoms with E-state index in [0.29, 0.717) is 11.6 Å². The largest absolute Gasteiger partial charge is 0.459 e. The summed E-state index contributed by atoms with van der Waals surface area (Å²) in [6.07, 6.45) is 1.88. The molecule has 0 aliphatic carbocycles. The van der Waals surface area contributed by atoms with Gasteiger partial charge in [0.05, 0.1) is 17.3 Å². The molecular formula is C17H25NO3. The Bertz CT molecular complexity index is 479. The van der Waals surface area contributed by atoms with Crippen LogP contribution in [0.15, 0.2) is 24.3 Å². The fourth-order valence-electron chi connectivity index (χ4n) is 2.58. The minimum Gasteiger partial charge on any atom is -0.459 e. The normalized spacial score (nSPS) is 21.1. The molecule has 1 heterocycles. The van der Waals surface area contributed by atoms with Gasteiger partial charge in [0, 0.05) is 18.3 Å². The first-order valence-electron chi connectivity index (χ1n) is 7.57. The molecule has 0 spiro atoms. The lowest BCUT2D eigenvalue weighted by Gasteiger charge is -2.36. The number of carbonyl (C=O) groups is 1. The first-order valence-corrected chi connectivity index (χ1v) is 7.57. The van der Waals surface area contributed by atoms with Crippen LogP contribution in [0.1, 0.15) is 50.9 Å². The predicted octanol–water partition coefficient (Wildman–Crippen LogP) is 3.62. The smallest absolute Gasteiger partial charge is 0.338 e. The summed E-state index contributed by atoms with van der Waals surface area (Å²) >= 11 is 0. The van der Waals surface area contributed by atoms with Crippen molar-refractivity contribution >= 4 is 11.7 Å². The van der Waals surface area contributed by atoms with Gasteiger partial charge in [-0.25, -0.2) is 4.79 Å². The second-order valence-corrected chi connectivity index (χ2v) is 6.47. The van der Waals surface area contributed by atoms with Gasteiger partial charge >= 0.3 is 5.97 Å². The topological polar surface area (TPSA) is 47.6 Å². The zero-order valence-electron chi connectivity index (χ0n) is 13.3. The molecule has 21 heavy (non-hydrogen) atoms. The van der Waals surface area contributed by atoms with Crippen molar-refractivity contribution < 1.29 is 14.3 Å². The molecule has 1 unspecified atom stereocenters. The molecule has 4 nitrogen and oxygen atoms in total. The summed E-state index contributed by atoms with van der Waals surface area (Å²) in [6.45, 7) is 8.71. The maximum Gasteiger partial charge on any atom is 0.338 e. The van der Waals surface area contributed by atoms with Crippen LogP contribution < -0.4 is 5.32 Å². The van der Waals surface area contributed by atoms with Crippen LogP contribution in [0, 0.1) is 0 Å². The summed E-state index contributed by atoms with van der Waals surface area (Å²) in [7, 11) is 0. The minimum atomic E-state index is -0.274. The Morgan fingerprint density at radius 1 is 1.33 bits per heavy atom. The zero-order valence-corrected chi connectivity index (χ0v) is 13.3. The average Bonchev–Trinajstić information content (AvgIpc) is 2.37. The van der Waals surface area contributed by atoms with Crippen molar-refractivity contribution in [3.05, 3.63) is 29.8 Å². The average molecular weight is 291 g/mol.